The third-order valence-electron chi connectivity index (χ3n) is 4.47. The molecule has 118 valence electrons. The summed E-state index contributed by atoms with van der Waals surface area (Å²) in [6, 6.07) is 8.74. The van der Waals surface area contributed by atoms with Crippen LogP contribution in [-0.2, 0) is 4.74 Å². The number of nitrogens with zero attached hydrogens (tertiary/aromatic N) is 2. The molecule has 21 heavy (non-hydrogen) atoms. The molecule has 1 atom stereocenters. The maximum absolute atomic E-state index is 6.01. The molecule has 1 aromatic carbocycles. The first-order valence-corrected chi connectivity index (χ1v) is 7.93. The fourth-order valence-electron chi connectivity index (χ4n) is 2.93. The van der Waals surface area contributed by atoms with Gasteiger partial charge < -0.3 is 15.4 Å². The average molecular weight is 291 g/mol. The van der Waals surface area contributed by atoms with E-state index >= 15 is 0 Å². The molecule has 0 radical (unpaired) electrons. The summed E-state index contributed by atoms with van der Waals surface area (Å²) in [6.45, 7) is 12.7. The van der Waals surface area contributed by atoms with Gasteiger partial charge in [-0.3, -0.25) is 4.90 Å². The summed E-state index contributed by atoms with van der Waals surface area (Å²) >= 11 is 0. The second-order valence-corrected chi connectivity index (χ2v) is 6.15. The lowest BCUT2D eigenvalue weighted by Crippen LogP contribution is -2.61. The van der Waals surface area contributed by atoms with Gasteiger partial charge in [0.25, 0.3) is 0 Å². The van der Waals surface area contributed by atoms with Crippen LogP contribution >= 0.6 is 0 Å². The van der Waals surface area contributed by atoms with E-state index in [1.807, 2.05) is 6.92 Å². The Labute approximate surface area is 128 Å². The Hall–Kier alpha value is -1.10. The predicted molar refractivity (Wildman–Crippen MR) is 88.9 cm³/mol. The average Bonchev–Trinajstić information content (AvgIpc) is 2.53. The highest BCUT2D eigenvalue weighted by molar-refractivity contribution is 5.48. The molecule has 0 aromatic heterocycles. The molecule has 4 nitrogen and oxygen atoms in total. The lowest BCUT2D eigenvalue weighted by molar-refractivity contribution is 0.00749. The second kappa shape index (κ2) is 7.25. The van der Waals surface area contributed by atoms with Crippen LogP contribution in [0.2, 0.25) is 0 Å². The minimum atomic E-state index is -0.0469. The summed E-state index contributed by atoms with van der Waals surface area (Å²) in [5, 5.41) is 0. The first-order valence-electron chi connectivity index (χ1n) is 7.93. The van der Waals surface area contributed by atoms with Gasteiger partial charge in [-0.05, 0) is 38.5 Å². The molecule has 1 unspecified atom stereocenters. The van der Waals surface area contributed by atoms with Gasteiger partial charge in [-0.25, -0.2) is 0 Å². The molecule has 1 heterocycles. The maximum Gasteiger partial charge on any atom is 0.0659 e. The normalized spacial score (nSPS) is 19.5. The van der Waals surface area contributed by atoms with Crippen LogP contribution < -0.4 is 10.6 Å². The number of rotatable bonds is 6. The number of hydrogen-bond acceptors (Lipinski definition) is 4. The SMILES string of the molecule is CCOCC(C)(CN)N1CCN(c2cccc(C)c2)CC1. The van der Waals surface area contributed by atoms with Gasteiger partial charge in [-0.2, -0.15) is 0 Å². The van der Waals surface area contributed by atoms with E-state index in [1.165, 1.54) is 11.3 Å². The molecule has 1 aliphatic rings. The fourth-order valence-corrected chi connectivity index (χ4v) is 2.93. The van der Waals surface area contributed by atoms with Crippen molar-refractivity contribution in [3.05, 3.63) is 29.8 Å². The van der Waals surface area contributed by atoms with Crippen molar-refractivity contribution in [3.8, 4) is 0 Å². The molecule has 4 heteroatoms. The molecule has 0 bridgehead atoms. The minimum Gasteiger partial charge on any atom is -0.380 e. The predicted octanol–water partition coefficient (Wildman–Crippen LogP) is 1.87. The van der Waals surface area contributed by atoms with Crippen molar-refractivity contribution in [1.82, 2.24) is 4.90 Å². The highest BCUT2D eigenvalue weighted by atomic mass is 16.5. The van der Waals surface area contributed by atoms with Crippen molar-refractivity contribution in [2.45, 2.75) is 26.3 Å². The van der Waals surface area contributed by atoms with Crippen molar-refractivity contribution < 1.29 is 4.74 Å². The number of aryl methyl sites for hydroxylation is 1. The minimum absolute atomic E-state index is 0.0469. The zero-order valence-corrected chi connectivity index (χ0v) is 13.6. The second-order valence-electron chi connectivity index (χ2n) is 6.15. The quantitative estimate of drug-likeness (QED) is 0.869. The Balaban J connectivity index is 1.96. The summed E-state index contributed by atoms with van der Waals surface area (Å²) in [5.74, 6) is 0. The van der Waals surface area contributed by atoms with Crippen LogP contribution in [-0.4, -0.2) is 56.4 Å². The van der Waals surface area contributed by atoms with Gasteiger partial charge >= 0.3 is 0 Å². The zero-order chi connectivity index (χ0) is 15.3. The molecule has 2 N–H and O–H groups in total. The van der Waals surface area contributed by atoms with Crippen molar-refractivity contribution in [2.24, 2.45) is 5.73 Å². The topological polar surface area (TPSA) is 41.7 Å². The number of anilines is 1. The molecule has 2 rings (SSSR count). The molecule has 0 amide bonds. The zero-order valence-electron chi connectivity index (χ0n) is 13.6. The Kier molecular flexibility index (Phi) is 5.62. The van der Waals surface area contributed by atoms with Crippen LogP contribution in [0.5, 0.6) is 0 Å². The molecule has 0 aliphatic carbocycles. The Morgan fingerprint density at radius 2 is 1.95 bits per heavy atom. The Morgan fingerprint density at radius 1 is 1.24 bits per heavy atom. The standard InChI is InChI=1S/C17H29N3O/c1-4-21-14-17(3,13-18)20-10-8-19(9-11-20)16-7-5-6-15(2)12-16/h5-7,12H,4,8-11,13-14,18H2,1-3H3. The molecular weight excluding hydrogens is 262 g/mol. The fraction of sp³-hybridized carbons (Fsp3) is 0.647. The summed E-state index contributed by atoms with van der Waals surface area (Å²) in [5.41, 5.74) is 8.61. The first-order chi connectivity index (χ1) is 10.1. The first kappa shape index (κ1) is 16.3. The summed E-state index contributed by atoms with van der Waals surface area (Å²) in [7, 11) is 0. The van der Waals surface area contributed by atoms with Crippen LogP contribution in [0.25, 0.3) is 0 Å². The van der Waals surface area contributed by atoms with Crippen molar-refractivity contribution in [2.75, 3.05) is 50.8 Å². The van der Waals surface area contributed by atoms with Gasteiger partial charge in [0, 0.05) is 45.0 Å². The molecule has 1 aliphatic heterocycles. The van der Waals surface area contributed by atoms with E-state index in [4.69, 9.17) is 10.5 Å². The third kappa shape index (κ3) is 3.96. The molecule has 1 fully saturated rings. The number of nitrogens with two attached hydrogens (primary N) is 1. The van der Waals surface area contributed by atoms with E-state index in [0.717, 1.165) is 32.8 Å². The van der Waals surface area contributed by atoms with Crippen molar-refractivity contribution in [3.63, 3.8) is 0 Å². The lowest BCUT2D eigenvalue weighted by Gasteiger charge is -2.45. The van der Waals surface area contributed by atoms with Crippen LogP contribution in [0, 0.1) is 6.92 Å². The molecule has 0 spiro atoms. The van der Waals surface area contributed by atoms with E-state index in [0.29, 0.717) is 13.2 Å². The van der Waals surface area contributed by atoms with E-state index in [2.05, 4.69) is 47.9 Å². The molecular formula is C17H29N3O. The molecule has 1 saturated heterocycles. The molecule has 1 aromatic rings. The smallest absolute Gasteiger partial charge is 0.0659 e. The largest absolute Gasteiger partial charge is 0.380 e. The van der Waals surface area contributed by atoms with E-state index < -0.39 is 0 Å². The van der Waals surface area contributed by atoms with Crippen LogP contribution in [0.15, 0.2) is 24.3 Å². The monoisotopic (exact) mass is 291 g/mol. The van der Waals surface area contributed by atoms with E-state index in [1.54, 1.807) is 0 Å². The van der Waals surface area contributed by atoms with E-state index in [-0.39, 0.29) is 5.54 Å². The lowest BCUT2D eigenvalue weighted by atomic mass is 10.00. The van der Waals surface area contributed by atoms with Gasteiger partial charge in [0.1, 0.15) is 0 Å². The van der Waals surface area contributed by atoms with Crippen LogP contribution in [0.1, 0.15) is 19.4 Å². The Bertz CT molecular complexity index is 443. The van der Waals surface area contributed by atoms with Gasteiger partial charge in [0.15, 0.2) is 0 Å². The summed E-state index contributed by atoms with van der Waals surface area (Å²) in [4.78, 5) is 4.94. The van der Waals surface area contributed by atoms with Crippen LogP contribution in [0.3, 0.4) is 0 Å². The van der Waals surface area contributed by atoms with E-state index in [9.17, 15) is 0 Å². The number of ether oxygens (including phenoxy) is 1. The molecule has 0 saturated carbocycles. The highest BCUT2D eigenvalue weighted by Gasteiger charge is 2.33. The number of piperazine rings is 1. The van der Waals surface area contributed by atoms with Gasteiger partial charge in [0.2, 0.25) is 0 Å². The van der Waals surface area contributed by atoms with Gasteiger partial charge in [0.05, 0.1) is 12.1 Å². The van der Waals surface area contributed by atoms with Crippen molar-refractivity contribution >= 4 is 5.69 Å². The highest BCUT2D eigenvalue weighted by Crippen LogP contribution is 2.22. The number of benzene rings is 1. The third-order valence-corrected chi connectivity index (χ3v) is 4.47. The van der Waals surface area contributed by atoms with Gasteiger partial charge in [-0.15, -0.1) is 0 Å². The van der Waals surface area contributed by atoms with Crippen LogP contribution in [0.4, 0.5) is 5.69 Å². The summed E-state index contributed by atoms with van der Waals surface area (Å²) in [6.07, 6.45) is 0. The van der Waals surface area contributed by atoms with Gasteiger partial charge in [-0.1, -0.05) is 12.1 Å². The Morgan fingerprint density at radius 3 is 2.52 bits per heavy atom. The maximum atomic E-state index is 6.01. The summed E-state index contributed by atoms with van der Waals surface area (Å²) < 4.78 is 5.63. The number of hydrogen-bond donors (Lipinski definition) is 1. The van der Waals surface area contributed by atoms with Crippen molar-refractivity contribution in [1.29, 1.82) is 0 Å².